The zero-order valence-corrected chi connectivity index (χ0v) is 11.6. The first-order valence-corrected chi connectivity index (χ1v) is 7.09. The lowest BCUT2D eigenvalue weighted by atomic mass is 9.96. The fourth-order valence-corrected chi connectivity index (χ4v) is 2.95. The van der Waals surface area contributed by atoms with Crippen molar-refractivity contribution in [2.75, 3.05) is 13.1 Å². The molecule has 1 aromatic rings. The molecule has 3 aliphatic heterocycles. The van der Waals surface area contributed by atoms with Gasteiger partial charge in [-0.25, -0.2) is 4.98 Å². The van der Waals surface area contributed by atoms with Crippen molar-refractivity contribution < 1.29 is 9.21 Å². The first-order valence-electron chi connectivity index (χ1n) is 7.09. The Bertz CT molecular complexity index is 469. The Labute approximate surface area is 113 Å². The summed E-state index contributed by atoms with van der Waals surface area (Å²) in [6.07, 6.45) is 3.86. The van der Waals surface area contributed by atoms with E-state index in [9.17, 15) is 4.79 Å². The molecule has 5 nitrogen and oxygen atoms in total. The van der Waals surface area contributed by atoms with Crippen LogP contribution in [0.5, 0.6) is 0 Å². The molecule has 5 heteroatoms. The number of carbonyl (C=O) groups is 1. The lowest BCUT2D eigenvalue weighted by Gasteiger charge is -2.22. The van der Waals surface area contributed by atoms with E-state index >= 15 is 0 Å². The average Bonchev–Trinajstić information content (AvgIpc) is 2.66. The maximum Gasteiger partial charge on any atom is 0.224 e. The van der Waals surface area contributed by atoms with Gasteiger partial charge in [0.25, 0.3) is 0 Å². The third kappa shape index (κ3) is 2.66. The van der Waals surface area contributed by atoms with Gasteiger partial charge in [0.05, 0.1) is 11.6 Å². The average molecular weight is 263 g/mol. The first kappa shape index (κ1) is 12.7. The Morgan fingerprint density at radius 1 is 1.47 bits per heavy atom. The van der Waals surface area contributed by atoms with Gasteiger partial charge in [0.1, 0.15) is 6.26 Å². The Morgan fingerprint density at radius 2 is 2.32 bits per heavy atom. The molecule has 0 spiro atoms. The molecule has 1 amide bonds. The molecule has 3 fully saturated rings. The van der Waals surface area contributed by atoms with Crippen molar-refractivity contribution >= 4 is 5.91 Å². The highest BCUT2D eigenvalue weighted by Crippen LogP contribution is 2.24. The third-order valence-corrected chi connectivity index (χ3v) is 3.99. The van der Waals surface area contributed by atoms with Crippen molar-refractivity contribution in [1.82, 2.24) is 15.2 Å². The van der Waals surface area contributed by atoms with Crippen molar-refractivity contribution in [2.45, 2.75) is 45.2 Å². The monoisotopic (exact) mass is 263 g/mol. The lowest BCUT2D eigenvalue weighted by molar-refractivity contribution is -0.126. The van der Waals surface area contributed by atoms with Gasteiger partial charge in [-0.3, -0.25) is 9.69 Å². The highest BCUT2D eigenvalue weighted by atomic mass is 16.3. The molecule has 19 heavy (non-hydrogen) atoms. The molecule has 0 aromatic carbocycles. The topological polar surface area (TPSA) is 58.4 Å². The van der Waals surface area contributed by atoms with Crippen LogP contribution in [0.3, 0.4) is 0 Å². The number of nitrogens with zero attached hydrogens (tertiary/aromatic N) is 2. The van der Waals surface area contributed by atoms with Crippen LogP contribution in [0.2, 0.25) is 0 Å². The number of aromatic nitrogens is 1. The largest absolute Gasteiger partial charge is 0.448 e. The molecular weight excluding hydrogens is 242 g/mol. The van der Waals surface area contributed by atoms with Gasteiger partial charge >= 0.3 is 0 Å². The number of hydrogen-bond acceptors (Lipinski definition) is 4. The second-order valence-corrected chi connectivity index (χ2v) is 6.01. The number of fused-ring (bicyclic) bond motifs is 4. The van der Waals surface area contributed by atoms with Gasteiger partial charge in [-0.1, -0.05) is 13.8 Å². The van der Waals surface area contributed by atoms with Gasteiger partial charge in [-0.15, -0.1) is 0 Å². The van der Waals surface area contributed by atoms with E-state index in [-0.39, 0.29) is 11.8 Å². The Morgan fingerprint density at radius 3 is 3.00 bits per heavy atom. The molecule has 0 saturated carbocycles. The maximum atomic E-state index is 11.8. The number of carbonyl (C=O) groups excluding carboxylic acids is 1. The predicted octanol–water partition coefficient (Wildman–Crippen LogP) is 1.51. The standard InChI is InChI=1S/C14H21N3O2/c1-9(2)14-16-12(8-19-14)7-17-5-10-3-4-11(6-17)15-13(10)18/h8-11H,3-7H2,1-2H3,(H,15,18)/t10-,11+/m0/s1. The molecule has 4 heterocycles. The summed E-state index contributed by atoms with van der Waals surface area (Å²) in [5, 5.41) is 3.09. The molecule has 0 unspecified atom stereocenters. The van der Waals surface area contributed by atoms with Gasteiger partial charge in [0.2, 0.25) is 5.91 Å². The van der Waals surface area contributed by atoms with Gasteiger partial charge < -0.3 is 9.73 Å². The van der Waals surface area contributed by atoms with Crippen LogP contribution < -0.4 is 5.32 Å². The van der Waals surface area contributed by atoms with E-state index in [1.54, 1.807) is 6.26 Å². The normalized spacial score (nSPS) is 27.6. The fourth-order valence-electron chi connectivity index (χ4n) is 2.95. The molecule has 1 aromatic heterocycles. The molecule has 2 bridgehead atoms. The van der Waals surface area contributed by atoms with Gasteiger partial charge in [-0.2, -0.15) is 0 Å². The molecule has 3 saturated heterocycles. The molecular formula is C14H21N3O2. The summed E-state index contributed by atoms with van der Waals surface area (Å²) in [5.41, 5.74) is 0.970. The smallest absolute Gasteiger partial charge is 0.224 e. The molecule has 104 valence electrons. The van der Waals surface area contributed by atoms with Crippen LogP contribution in [-0.4, -0.2) is 34.9 Å². The number of amides is 1. The second kappa shape index (κ2) is 4.96. The zero-order valence-electron chi connectivity index (χ0n) is 11.6. The first-order chi connectivity index (χ1) is 9.11. The number of piperidine rings is 1. The van der Waals surface area contributed by atoms with E-state index in [1.165, 1.54) is 0 Å². The Kier molecular flexibility index (Phi) is 3.31. The highest BCUT2D eigenvalue weighted by molar-refractivity contribution is 5.80. The van der Waals surface area contributed by atoms with Crippen molar-refractivity contribution in [1.29, 1.82) is 0 Å². The van der Waals surface area contributed by atoms with Crippen molar-refractivity contribution in [3.05, 3.63) is 17.8 Å². The van der Waals surface area contributed by atoms with E-state index in [2.05, 4.69) is 29.0 Å². The minimum atomic E-state index is 0.148. The van der Waals surface area contributed by atoms with Crippen LogP contribution >= 0.6 is 0 Å². The van der Waals surface area contributed by atoms with Crippen LogP contribution in [0.4, 0.5) is 0 Å². The Hall–Kier alpha value is -1.36. The minimum Gasteiger partial charge on any atom is -0.448 e. The number of oxazole rings is 1. The van der Waals surface area contributed by atoms with Gasteiger partial charge in [-0.05, 0) is 12.8 Å². The molecule has 2 atom stereocenters. The van der Waals surface area contributed by atoms with Crippen molar-refractivity contribution in [2.24, 2.45) is 5.92 Å². The highest BCUT2D eigenvalue weighted by Gasteiger charge is 2.34. The van der Waals surface area contributed by atoms with E-state index in [4.69, 9.17) is 4.42 Å². The number of rotatable bonds is 3. The van der Waals surface area contributed by atoms with E-state index in [0.717, 1.165) is 44.1 Å². The van der Waals surface area contributed by atoms with Crippen LogP contribution in [0, 0.1) is 5.92 Å². The Balaban J connectivity index is 1.68. The maximum absolute atomic E-state index is 11.8. The summed E-state index contributed by atoms with van der Waals surface area (Å²) in [4.78, 5) is 18.6. The molecule has 1 N–H and O–H groups in total. The number of hydrogen-bond donors (Lipinski definition) is 1. The molecule has 0 aliphatic carbocycles. The summed E-state index contributed by atoms with van der Waals surface area (Å²) < 4.78 is 5.47. The van der Waals surface area contributed by atoms with E-state index in [0.29, 0.717) is 12.0 Å². The van der Waals surface area contributed by atoms with Crippen molar-refractivity contribution in [3.8, 4) is 0 Å². The van der Waals surface area contributed by atoms with Crippen LogP contribution in [0.1, 0.15) is 44.2 Å². The van der Waals surface area contributed by atoms with Crippen molar-refractivity contribution in [3.63, 3.8) is 0 Å². The SMILES string of the molecule is CC(C)c1nc(CN2C[C@H]3CC[C@@H](C2)C(=O)N3)co1. The second-order valence-electron chi connectivity index (χ2n) is 6.01. The fraction of sp³-hybridized carbons (Fsp3) is 0.714. The minimum absolute atomic E-state index is 0.148. The summed E-state index contributed by atoms with van der Waals surface area (Å²) in [7, 11) is 0. The summed E-state index contributed by atoms with van der Waals surface area (Å²) in [6, 6.07) is 0.308. The molecule has 4 rings (SSSR count). The summed E-state index contributed by atoms with van der Waals surface area (Å²) >= 11 is 0. The predicted molar refractivity (Wildman–Crippen MR) is 70.5 cm³/mol. The number of nitrogens with one attached hydrogen (secondary N) is 1. The zero-order chi connectivity index (χ0) is 13.4. The van der Waals surface area contributed by atoms with Crippen LogP contribution in [0.25, 0.3) is 0 Å². The van der Waals surface area contributed by atoms with Crippen LogP contribution in [0.15, 0.2) is 10.7 Å². The van der Waals surface area contributed by atoms with E-state index < -0.39 is 0 Å². The lowest BCUT2D eigenvalue weighted by Crippen LogP contribution is -2.43. The summed E-state index contributed by atoms with van der Waals surface area (Å²) in [5.74, 6) is 1.48. The quantitative estimate of drug-likeness (QED) is 0.898. The summed E-state index contributed by atoms with van der Waals surface area (Å²) in [6.45, 7) is 6.69. The molecule has 0 radical (unpaired) electrons. The van der Waals surface area contributed by atoms with Crippen LogP contribution in [-0.2, 0) is 11.3 Å². The molecule has 3 aliphatic rings. The van der Waals surface area contributed by atoms with Gasteiger partial charge in [0.15, 0.2) is 5.89 Å². The van der Waals surface area contributed by atoms with E-state index in [1.807, 2.05) is 0 Å². The third-order valence-electron chi connectivity index (χ3n) is 3.99. The van der Waals surface area contributed by atoms with Gasteiger partial charge in [0, 0.05) is 31.6 Å².